The third-order valence-corrected chi connectivity index (χ3v) is 2.43. The first kappa shape index (κ1) is 11.4. The Morgan fingerprint density at radius 3 is 3.00 bits per heavy atom. The summed E-state index contributed by atoms with van der Waals surface area (Å²) in [6, 6.07) is 1.89. The molecule has 0 saturated heterocycles. The number of aromatic nitrogens is 1. The number of allylic oxidation sites excluding steroid dienone is 1. The van der Waals surface area contributed by atoms with Crippen molar-refractivity contribution >= 4 is 15.9 Å². The van der Waals surface area contributed by atoms with Crippen LogP contribution in [0.25, 0.3) is 0 Å². The monoisotopic (exact) mass is 255 g/mol. The van der Waals surface area contributed by atoms with Gasteiger partial charge in [-0.15, -0.1) is 6.58 Å². The first-order valence-electron chi connectivity index (χ1n) is 4.63. The number of unbranched alkanes of at least 4 members (excludes halogenated alkanes) is 1. The average Bonchev–Trinajstić information content (AvgIpc) is 2.18. The summed E-state index contributed by atoms with van der Waals surface area (Å²) in [5, 5.41) is 9.78. The molecule has 0 aliphatic carbocycles. The molecule has 1 rings (SSSR count). The van der Waals surface area contributed by atoms with Crippen LogP contribution in [-0.2, 0) is 0 Å². The Balaban J connectivity index is 2.51. The van der Waals surface area contributed by atoms with E-state index in [1.54, 1.807) is 12.4 Å². The molecule has 0 amide bonds. The first-order valence-corrected chi connectivity index (χ1v) is 5.42. The van der Waals surface area contributed by atoms with Gasteiger partial charge in [-0.3, -0.25) is 4.98 Å². The topological polar surface area (TPSA) is 33.1 Å². The second-order valence-corrected chi connectivity index (χ2v) is 4.09. The van der Waals surface area contributed by atoms with Gasteiger partial charge < -0.3 is 5.11 Å². The van der Waals surface area contributed by atoms with Crippen molar-refractivity contribution in [2.45, 2.75) is 25.4 Å². The minimum Gasteiger partial charge on any atom is -0.388 e. The molecule has 0 aromatic carbocycles. The minimum absolute atomic E-state index is 0.417. The Morgan fingerprint density at radius 2 is 2.36 bits per heavy atom. The van der Waals surface area contributed by atoms with Crippen LogP contribution in [0.2, 0.25) is 0 Å². The van der Waals surface area contributed by atoms with Gasteiger partial charge in [0.2, 0.25) is 0 Å². The summed E-state index contributed by atoms with van der Waals surface area (Å²) < 4.78 is 0.901. The third kappa shape index (κ3) is 3.60. The summed E-state index contributed by atoms with van der Waals surface area (Å²) in [6.07, 6.45) is 7.51. The Hall–Kier alpha value is -0.670. The second-order valence-electron chi connectivity index (χ2n) is 3.17. The Bertz CT molecular complexity index is 301. The molecule has 76 valence electrons. The van der Waals surface area contributed by atoms with Crippen molar-refractivity contribution in [1.29, 1.82) is 0 Å². The van der Waals surface area contributed by atoms with E-state index in [9.17, 15) is 5.11 Å². The summed E-state index contributed by atoms with van der Waals surface area (Å²) in [6.45, 7) is 3.64. The van der Waals surface area contributed by atoms with E-state index in [4.69, 9.17) is 0 Å². The molecule has 1 atom stereocenters. The number of pyridine rings is 1. The average molecular weight is 256 g/mol. The summed E-state index contributed by atoms with van der Waals surface area (Å²) in [7, 11) is 0. The lowest BCUT2D eigenvalue weighted by Gasteiger charge is -2.09. The molecular weight excluding hydrogens is 242 g/mol. The highest BCUT2D eigenvalue weighted by molar-refractivity contribution is 9.10. The predicted octanol–water partition coefficient (Wildman–Crippen LogP) is 3.23. The largest absolute Gasteiger partial charge is 0.388 e. The molecule has 14 heavy (non-hydrogen) atoms. The van der Waals surface area contributed by atoms with Gasteiger partial charge >= 0.3 is 0 Å². The zero-order chi connectivity index (χ0) is 10.4. The number of hydrogen-bond donors (Lipinski definition) is 1. The molecule has 0 spiro atoms. The van der Waals surface area contributed by atoms with Crippen LogP contribution in [0.15, 0.2) is 35.6 Å². The van der Waals surface area contributed by atoms with Crippen LogP contribution in [0, 0.1) is 0 Å². The zero-order valence-electron chi connectivity index (χ0n) is 7.99. The third-order valence-electron chi connectivity index (χ3n) is 2.00. The Labute approximate surface area is 92.8 Å². The molecule has 1 heterocycles. The molecule has 0 aliphatic rings. The fourth-order valence-corrected chi connectivity index (χ4v) is 1.62. The molecule has 0 aliphatic heterocycles. The molecule has 1 aromatic heterocycles. The van der Waals surface area contributed by atoms with E-state index < -0.39 is 6.10 Å². The van der Waals surface area contributed by atoms with Crippen molar-refractivity contribution in [3.05, 3.63) is 41.2 Å². The van der Waals surface area contributed by atoms with Gasteiger partial charge in [0.25, 0.3) is 0 Å². The molecule has 0 bridgehead atoms. The summed E-state index contributed by atoms with van der Waals surface area (Å²) in [5.74, 6) is 0. The van der Waals surface area contributed by atoms with E-state index >= 15 is 0 Å². The maximum Gasteiger partial charge on any atom is 0.0805 e. The zero-order valence-corrected chi connectivity index (χ0v) is 9.57. The van der Waals surface area contributed by atoms with Crippen LogP contribution in [0.1, 0.15) is 30.9 Å². The van der Waals surface area contributed by atoms with Crippen LogP contribution in [0.5, 0.6) is 0 Å². The normalized spacial score (nSPS) is 12.4. The molecule has 1 aromatic rings. The predicted molar refractivity (Wildman–Crippen MR) is 60.9 cm³/mol. The fourth-order valence-electron chi connectivity index (χ4n) is 1.23. The summed E-state index contributed by atoms with van der Waals surface area (Å²) in [4.78, 5) is 4.01. The highest BCUT2D eigenvalue weighted by atomic mass is 79.9. The van der Waals surface area contributed by atoms with Gasteiger partial charge in [-0.1, -0.05) is 6.08 Å². The highest BCUT2D eigenvalue weighted by Gasteiger charge is 2.07. The summed E-state index contributed by atoms with van der Waals surface area (Å²) in [5.41, 5.74) is 0.864. The van der Waals surface area contributed by atoms with Gasteiger partial charge in [0.15, 0.2) is 0 Å². The molecule has 1 unspecified atom stereocenters. The van der Waals surface area contributed by atoms with Crippen LogP contribution in [-0.4, -0.2) is 10.1 Å². The van der Waals surface area contributed by atoms with Gasteiger partial charge in [0, 0.05) is 16.9 Å². The number of rotatable bonds is 5. The van der Waals surface area contributed by atoms with E-state index in [1.807, 2.05) is 12.1 Å². The first-order chi connectivity index (χ1) is 6.74. The Kier molecular flexibility index (Phi) is 4.84. The van der Waals surface area contributed by atoms with E-state index in [1.165, 1.54) is 0 Å². The lowest BCUT2D eigenvalue weighted by molar-refractivity contribution is 0.164. The lowest BCUT2D eigenvalue weighted by atomic mass is 10.1. The van der Waals surface area contributed by atoms with E-state index in [-0.39, 0.29) is 0 Å². The minimum atomic E-state index is -0.417. The maximum atomic E-state index is 9.78. The van der Waals surface area contributed by atoms with Gasteiger partial charge in [-0.2, -0.15) is 0 Å². The van der Waals surface area contributed by atoms with Crippen LogP contribution in [0.4, 0.5) is 0 Å². The Morgan fingerprint density at radius 1 is 1.57 bits per heavy atom. The number of nitrogens with zero attached hydrogens (tertiary/aromatic N) is 1. The number of halogens is 1. The summed E-state index contributed by atoms with van der Waals surface area (Å²) >= 11 is 3.32. The van der Waals surface area contributed by atoms with Crippen molar-refractivity contribution in [3.63, 3.8) is 0 Å². The van der Waals surface area contributed by atoms with Crippen LogP contribution < -0.4 is 0 Å². The smallest absolute Gasteiger partial charge is 0.0805 e. The van der Waals surface area contributed by atoms with E-state index in [0.717, 1.165) is 29.3 Å². The van der Waals surface area contributed by atoms with Gasteiger partial charge in [0.1, 0.15) is 0 Å². The molecule has 0 fully saturated rings. The standard InChI is InChI=1S/C11H14BrNO/c1-2-3-4-5-11(14)9-6-10(12)8-13-7-9/h2,6-8,11,14H,1,3-5H2. The molecule has 0 saturated carbocycles. The van der Waals surface area contributed by atoms with E-state index in [0.29, 0.717) is 0 Å². The quantitative estimate of drug-likeness (QED) is 0.648. The number of aliphatic hydroxyl groups is 1. The van der Waals surface area contributed by atoms with Crippen LogP contribution in [0.3, 0.4) is 0 Å². The van der Waals surface area contributed by atoms with Crippen molar-refractivity contribution in [2.24, 2.45) is 0 Å². The van der Waals surface area contributed by atoms with Crippen LogP contribution >= 0.6 is 15.9 Å². The molecule has 1 N–H and O–H groups in total. The molecule has 3 heteroatoms. The van der Waals surface area contributed by atoms with E-state index in [2.05, 4.69) is 27.5 Å². The molecule has 2 nitrogen and oxygen atoms in total. The van der Waals surface area contributed by atoms with Gasteiger partial charge in [-0.05, 0) is 46.8 Å². The number of hydrogen-bond acceptors (Lipinski definition) is 2. The number of aliphatic hydroxyl groups excluding tert-OH is 1. The molecular formula is C11H14BrNO. The van der Waals surface area contributed by atoms with Crippen molar-refractivity contribution < 1.29 is 5.11 Å². The fraction of sp³-hybridized carbons (Fsp3) is 0.364. The SMILES string of the molecule is C=CCCCC(O)c1cncc(Br)c1. The van der Waals surface area contributed by atoms with Gasteiger partial charge in [-0.25, -0.2) is 0 Å². The van der Waals surface area contributed by atoms with Crippen molar-refractivity contribution in [3.8, 4) is 0 Å². The maximum absolute atomic E-state index is 9.78. The molecule has 0 radical (unpaired) electrons. The van der Waals surface area contributed by atoms with Crippen molar-refractivity contribution in [1.82, 2.24) is 4.98 Å². The van der Waals surface area contributed by atoms with Crippen molar-refractivity contribution in [2.75, 3.05) is 0 Å². The second kappa shape index (κ2) is 5.94. The van der Waals surface area contributed by atoms with Gasteiger partial charge in [0.05, 0.1) is 6.10 Å². The lowest BCUT2D eigenvalue weighted by Crippen LogP contribution is -1.97. The highest BCUT2D eigenvalue weighted by Crippen LogP contribution is 2.21.